The molecule has 1 aliphatic carbocycles. The van der Waals surface area contributed by atoms with Crippen LogP contribution in [-0.4, -0.2) is 37.4 Å². The van der Waals surface area contributed by atoms with Crippen molar-refractivity contribution in [1.29, 1.82) is 0 Å². The molecule has 24 heavy (non-hydrogen) atoms. The first kappa shape index (κ1) is 18.5. The molecule has 1 aliphatic rings. The first-order valence-corrected chi connectivity index (χ1v) is 8.61. The average molecular weight is 338 g/mol. The zero-order valence-electron chi connectivity index (χ0n) is 14.2. The lowest BCUT2D eigenvalue weighted by molar-refractivity contribution is 0.179. The van der Waals surface area contributed by atoms with Gasteiger partial charge in [-0.15, -0.1) is 0 Å². The maximum Gasteiger partial charge on any atom is 0.315 e. The molecule has 0 heterocycles. The highest BCUT2D eigenvalue weighted by Crippen LogP contribution is 2.23. The highest BCUT2D eigenvalue weighted by molar-refractivity contribution is 5.74. The number of carbonyl (C=O) groups is 1. The molecule has 1 aromatic carbocycles. The quantitative estimate of drug-likeness (QED) is 0.698. The Labute approximate surface area is 142 Å². The average Bonchev–Trinajstić information content (AvgIpc) is 2.81. The minimum Gasteiger partial charge on any atom is -0.494 e. The van der Waals surface area contributed by atoms with Gasteiger partial charge < -0.3 is 20.5 Å². The molecule has 0 radical (unpaired) electrons. The van der Waals surface area contributed by atoms with E-state index >= 15 is 0 Å². The number of halogens is 1. The standard InChI is InChI=1S/C18H27FN2O3/c1-24-17-11-13(7-8-15(17)19)9-10-20-18(23)21-16-6-4-2-3-5-14(16)12-22/h7-8,11,14,16,22H,2-6,9-10,12H2,1H3,(H2,20,21,23). The molecule has 1 aromatic rings. The zero-order valence-corrected chi connectivity index (χ0v) is 14.2. The van der Waals surface area contributed by atoms with Crippen LogP contribution in [0.5, 0.6) is 5.75 Å². The van der Waals surface area contributed by atoms with E-state index in [0.29, 0.717) is 13.0 Å². The topological polar surface area (TPSA) is 70.6 Å². The van der Waals surface area contributed by atoms with Gasteiger partial charge in [0.1, 0.15) is 0 Å². The predicted octanol–water partition coefficient (Wildman–Crippen LogP) is 2.62. The third-order valence-corrected chi connectivity index (χ3v) is 4.62. The summed E-state index contributed by atoms with van der Waals surface area (Å²) in [7, 11) is 1.43. The van der Waals surface area contributed by atoms with E-state index in [4.69, 9.17) is 4.74 Å². The summed E-state index contributed by atoms with van der Waals surface area (Å²) in [5.41, 5.74) is 0.899. The van der Waals surface area contributed by atoms with Gasteiger partial charge in [0, 0.05) is 25.1 Å². The van der Waals surface area contributed by atoms with Crippen LogP contribution in [0.1, 0.15) is 37.7 Å². The molecule has 0 aliphatic heterocycles. The second kappa shape index (κ2) is 9.47. The summed E-state index contributed by atoms with van der Waals surface area (Å²) in [6, 6.07) is 4.51. The lowest BCUT2D eigenvalue weighted by Gasteiger charge is -2.24. The summed E-state index contributed by atoms with van der Waals surface area (Å²) in [4.78, 5) is 12.1. The van der Waals surface area contributed by atoms with Crippen LogP contribution in [0.2, 0.25) is 0 Å². The van der Waals surface area contributed by atoms with Crippen molar-refractivity contribution >= 4 is 6.03 Å². The molecule has 0 saturated heterocycles. The van der Waals surface area contributed by atoms with Crippen LogP contribution >= 0.6 is 0 Å². The normalized spacial score (nSPS) is 21.0. The van der Waals surface area contributed by atoms with Gasteiger partial charge >= 0.3 is 6.03 Å². The molecule has 2 rings (SSSR count). The molecule has 2 atom stereocenters. The molecule has 2 unspecified atom stereocenters. The summed E-state index contributed by atoms with van der Waals surface area (Å²) in [5.74, 6) is -0.0452. The van der Waals surface area contributed by atoms with Crippen molar-refractivity contribution < 1.29 is 19.0 Å². The predicted molar refractivity (Wildman–Crippen MR) is 90.6 cm³/mol. The van der Waals surface area contributed by atoms with Crippen molar-refractivity contribution in [2.24, 2.45) is 5.92 Å². The van der Waals surface area contributed by atoms with E-state index in [-0.39, 0.29) is 30.3 Å². The summed E-state index contributed by atoms with van der Waals surface area (Å²) in [5, 5.41) is 15.3. The summed E-state index contributed by atoms with van der Waals surface area (Å²) in [6.45, 7) is 0.567. The fourth-order valence-electron chi connectivity index (χ4n) is 3.19. The number of amides is 2. The number of aliphatic hydroxyl groups is 1. The Morgan fingerprint density at radius 1 is 1.33 bits per heavy atom. The highest BCUT2D eigenvalue weighted by Gasteiger charge is 2.24. The third-order valence-electron chi connectivity index (χ3n) is 4.62. The van der Waals surface area contributed by atoms with E-state index < -0.39 is 5.82 Å². The summed E-state index contributed by atoms with van der Waals surface area (Å²) in [6.07, 6.45) is 5.81. The number of nitrogens with one attached hydrogen (secondary N) is 2. The second-order valence-electron chi connectivity index (χ2n) is 6.31. The Kier molecular flexibility index (Phi) is 7.31. The Balaban J connectivity index is 1.78. The van der Waals surface area contributed by atoms with Crippen molar-refractivity contribution in [3.8, 4) is 5.75 Å². The van der Waals surface area contributed by atoms with Gasteiger partial charge in [-0.3, -0.25) is 0 Å². The van der Waals surface area contributed by atoms with E-state index in [1.165, 1.54) is 13.2 Å². The fraction of sp³-hybridized carbons (Fsp3) is 0.611. The van der Waals surface area contributed by atoms with Gasteiger partial charge in [-0.1, -0.05) is 25.3 Å². The number of aliphatic hydroxyl groups excluding tert-OH is 1. The van der Waals surface area contributed by atoms with Crippen LogP contribution in [-0.2, 0) is 6.42 Å². The Hall–Kier alpha value is -1.82. The molecule has 1 saturated carbocycles. The van der Waals surface area contributed by atoms with E-state index in [1.54, 1.807) is 12.1 Å². The molecule has 2 amide bonds. The minimum absolute atomic E-state index is 0.0309. The molecule has 0 spiro atoms. The molecule has 134 valence electrons. The van der Waals surface area contributed by atoms with Gasteiger partial charge in [0.05, 0.1) is 7.11 Å². The minimum atomic E-state index is -0.393. The molecular formula is C18H27FN2O3. The zero-order chi connectivity index (χ0) is 17.4. The number of ether oxygens (including phenoxy) is 1. The Bertz CT molecular complexity index is 539. The largest absolute Gasteiger partial charge is 0.494 e. The summed E-state index contributed by atoms with van der Waals surface area (Å²) >= 11 is 0. The van der Waals surface area contributed by atoms with Gasteiger partial charge in [-0.25, -0.2) is 9.18 Å². The third kappa shape index (κ3) is 5.37. The molecule has 5 nitrogen and oxygen atoms in total. The van der Waals surface area contributed by atoms with Crippen LogP contribution in [0, 0.1) is 11.7 Å². The number of benzene rings is 1. The van der Waals surface area contributed by atoms with Crippen LogP contribution in [0.25, 0.3) is 0 Å². The van der Waals surface area contributed by atoms with Crippen molar-refractivity contribution in [1.82, 2.24) is 10.6 Å². The van der Waals surface area contributed by atoms with Crippen molar-refractivity contribution in [3.05, 3.63) is 29.6 Å². The van der Waals surface area contributed by atoms with E-state index in [9.17, 15) is 14.3 Å². The number of methoxy groups -OCH3 is 1. The van der Waals surface area contributed by atoms with E-state index in [0.717, 1.165) is 37.7 Å². The number of hydrogen-bond donors (Lipinski definition) is 3. The van der Waals surface area contributed by atoms with Crippen LogP contribution < -0.4 is 15.4 Å². The van der Waals surface area contributed by atoms with E-state index in [2.05, 4.69) is 10.6 Å². The van der Waals surface area contributed by atoms with Crippen molar-refractivity contribution in [2.75, 3.05) is 20.3 Å². The Morgan fingerprint density at radius 2 is 2.12 bits per heavy atom. The Morgan fingerprint density at radius 3 is 2.88 bits per heavy atom. The van der Waals surface area contributed by atoms with Gasteiger partial charge in [-0.05, 0) is 37.0 Å². The monoisotopic (exact) mass is 338 g/mol. The SMILES string of the molecule is COc1cc(CCNC(=O)NC2CCCCCC2CO)ccc1F. The molecule has 0 bridgehead atoms. The second-order valence-corrected chi connectivity index (χ2v) is 6.31. The number of carbonyl (C=O) groups excluding carboxylic acids is 1. The van der Waals surface area contributed by atoms with Gasteiger partial charge in [-0.2, -0.15) is 0 Å². The number of hydrogen-bond acceptors (Lipinski definition) is 3. The van der Waals surface area contributed by atoms with Crippen LogP contribution in [0.4, 0.5) is 9.18 Å². The molecule has 6 heteroatoms. The number of rotatable bonds is 6. The first-order valence-electron chi connectivity index (χ1n) is 8.61. The van der Waals surface area contributed by atoms with Crippen molar-refractivity contribution in [2.45, 2.75) is 44.6 Å². The van der Waals surface area contributed by atoms with Gasteiger partial charge in [0.15, 0.2) is 11.6 Å². The fourth-order valence-corrected chi connectivity index (χ4v) is 3.19. The molecule has 3 N–H and O–H groups in total. The molecule has 0 aromatic heterocycles. The maximum absolute atomic E-state index is 13.4. The highest BCUT2D eigenvalue weighted by atomic mass is 19.1. The van der Waals surface area contributed by atoms with Gasteiger partial charge in [0.25, 0.3) is 0 Å². The molecule has 1 fully saturated rings. The van der Waals surface area contributed by atoms with Crippen LogP contribution in [0.3, 0.4) is 0 Å². The number of urea groups is 1. The van der Waals surface area contributed by atoms with Crippen LogP contribution in [0.15, 0.2) is 18.2 Å². The lowest BCUT2D eigenvalue weighted by Crippen LogP contribution is -2.46. The molecular weight excluding hydrogens is 311 g/mol. The smallest absolute Gasteiger partial charge is 0.315 e. The maximum atomic E-state index is 13.4. The van der Waals surface area contributed by atoms with Crippen molar-refractivity contribution in [3.63, 3.8) is 0 Å². The van der Waals surface area contributed by atoms with E-state index in [1.807, 2.05) is 0 Å². The first-order chi connectivity index (χ1) is 11.6. The summed E-state index contributed by atoms with van der Waals surface area (Å²) < 4.78 is 18.3. The lowest BCUT2D eigenvalue weighted by atomic mass is 9.96. The van der Waals surface area contributed by atoms with Gasteiger partial charge in [0.2, 0.25) is 0 Å².